The van der Waals surface area contributed by atoms with Gasteiger partial charge in [-0.3, -0.25) is 9.78 Å². The van der Waals surface area contributed by atoms with E-state index in [9.17, 15) is 9.59 Å². The molecule has 0 unspecified atom stereocenters. The molecule has 1 saturated carbocycles. The third kappa shape index (κ3) is 3.93. The number of pyridine rings is 1. The van der Waals surface area contributed by atoms with Crippen LogP contribution in [-0.2, 0) is 9.53 Å². The van der Waals surface area contributed by atoms with E-state index in [2.05, 4.69) is 15.4 Å². The summed E-state index contributed by atoms with van der Waals surface area (Å²) in [5.74, 6) is -0.881. The summed E-state index contributed by atoms with van der Waals surface area (Å²) in [7, 11) is 0. The van der Waals surface area contributed by atoms with Crippen LogP contribution < -0.4 is 5.32 Å². The second-order valence-electron chi connectivity index (χ2n) is 6.74. The Labute approximate surface area is 162 Å². The van der Waals surface area contributed by atoms with Crippen LogP contribution in [0.3, 0.4) is 0 Å². The molecule has 1 aliphatic carbocycles. The van der Waals surface area contributed by atoms with Crippen molar-refractivity contribution in [3.63, 3.8) is 0 Å². The average Bonchev–Trinajstić information content (AvgIpc) is 3.42. The Balaban J connectivity index is 1.63. The zero-order valence-corrected chi connectivity index (χ0v) is 15.4. The zero-order valence-electron chi connectivity index (χ0n) is 15.4. The molecule has 1 aliphatic rings. The zero-order chi connectivity index (χ0) is 19.5. The maximum Gasteiger partial charge on any atom is 0.342 e. The number of amides is 1. The number of aromatic nitrogens is 3. The Morgan fingerprint density at radius 3 is 2.64 bits per heavy atom. The third-order valence-electron chi connectivity index (χ3n) is 4.47. The van der Waals surface area contributed by atoms with Gasteiger partial charge in [-0.1, -0.05) is 18.2 Å². The first-order valence-corrected chi connectivity index (χ1v) is 9.18. The minimum Gasteiger partial charge on any atom is -0.449 e. The van der Waals surface area contributed by atoms with Crippen molar-refractivity contribution in [2.75, 3.05) is 0 Å². The first kappa shape index (κ1) is 17.9. The highest BCUT2D eigenvalue weighted by Crippen LogP contribution is 2.24. The van der Waals surface area contributed by atoms with Gasteiger partial charge in [0.2, 0.25) is 0 Å². The van der Waals surface area contributed by atoms with E-state index in [1.54, 1.807) is 36.3 Å². The molecule has 0 saturated heterocycles. The highest BCUT2D eigenvalue weighted by atomic mass is 16.5. The molecular formula is C21H20N4O3. The Kier molecular flexibility index (Phi) is 4.89. The quantitative estimate of drug-likeness (QED) is 0.669. The summed E-state index contributed by atoms with van der Waals surface area (Å²) in [6, 6.07) is 13.3. The average molecular weight is 376 g/mol. The van der Waals surface area contributed by atoms with Gasteiger partial charge in [0.05, 0.1) is 5.69 Å². The van der Waals surface area contributed by atoms with Gasteiger partial charge in [0.1, 0.15) is 11.3 Å². The van der Waals surface area contributed by atoms with E-state index in [4.69, 9.17) is 4.74 Å². The molecule has 1 atom stereocenters. The molecule has 28 heavy (non-hydrogen) atoms. The van der Waals surface area contributed by atoms with E-state index >= 15 is 0 Å². The molecule has 1 N–H and O–H groups in total. The molecule has 7 nitrogen and oxygen atoms in total. The molecular weight excluding hydrogens is 356 g/mol. The number of carbonyl (C=O) groups is 2. The third-order valence-corrected chi connectivity index (χ3v) is 4.47. The molecule has 1 fully saturated rings. The minimum absolute atomic E-state index is 0.209. The number of carbonyl (C=O) groups excluding carboxylic acids is 2. The molecule has 2 aromatic heterocycles. The molecule has 0 spiro atoms. The van der Waals surface area contributed by atoms with Gasteiger partial charge < -0.3 is 10.1 Å². The fourth-order valence-corrected chi connectivity index (χ4v) is 2.78. The van der Waals surface area contributed by atoms with Crippen molar-refractivity contribution in [2.45, 2.75) is 31.9 Å². The SMILES string of the molecule is C[C@H](OC(=O)c1cn(-c2ccccc2)nc1-c1cccnc1)C(=O)NC1CC1. The van der Waals surface area contributed by atoms with Crippen LogP contribution in [0, 0.1) is 0 Å². The first-order valence-electron chi connectivity index (χ1n) is 9.18. The molecule has 1 amide bonds. The number of nitrogens with one attached hydrogen (secondary N) is 1. The molecule has 3 aromatic rings. The number of esters is 1. The predicted molar refractivity (Wildman–Crippen MR) is 103 cm³/mol. The number of ether oxygens (including phenoxy) is 1. The first-order chi connectivity index (χ1) is 13.6. The van der Waals surface area contributed by atoms with Crippen molar-refractivity contribution in [1.82, 2.24) is 20.1 Å². The summed E-state index contributed by atoms with van der Waals surface area (Å²) in [5.41, 5.74) is 2.24. The largest absolute Gasteiger partial charge is 0.449 e. The highest BCUT2D eigenvalue weighted by Gasteiger charge is 2.28. The fourth-order valence-electron chi connectivity index (χ4n) is 2.78. The van der Waals surface area contributed by atoms with Crippen LogP contribution in [0.15, 0.2) is 61.1 Å². The van der Waals surface area contributed by atoms with Crippen LogP contribution in [0.5, 0.6) is 0 Å². The standard InChI is InChI=1S/C21H20N4O3/c1-14(20(26)23-16-9-10-16)28-21(27)18-13-25(17-7-3-2-4-8-17)24-19(18)15-6-5-11-22-12-15/h2-8,11-14,16H,9-10H2,1H3,(H,23,26)/t14-/m0/s1. The molecule has 0 bridgehead atoms. The topological polar surface area (TPSA) is 86.1 Å². The van der Waals surface area contributed by atoms with E-state index in [-0.39, 0.29) is 17.5 Å². The van der Waals surface area contributed by atoms with Crippen LogP contribution in [0.4, 0.5) is 0 Å². The highest BCUT2D eigenvalue weighted by molar-refractivity contribution is 5.97. The van der Waals surface area contributed by atoms with Crippen molar-refractivity contribution in [2.24, 2.45) is 0 Å². The van der Waals surface area contributed by atoms with Gasteiger partial charge >= 0.3 is 5.97 Å². The van der Waals surface area contributed by atoms with Crippen molar-refractivity contribution in [3.8, 4) is 16.9 Å². The van der Waals surface area contributed by atoms with E-state index in [1.165, 1.54) is 0 Å². The minimum atomic E-state index is -0.880. The molecule has 7 heteroatoms. The number of hydrogen-bond acceptors (Lipinski definition) is 5. The van der Waals surface area contributed by atoms with Crippen molar-refractivity contribution in [1.29, 1.82) is 0 Å². The van der Waals surface area contributed by atoms with E-state index in [0.717, 1.165) is 18.5 Å². The Hall–Kier alpha value is -3.48. The van der Waals surface area contributed by atoms with E-state index in [1.807, 2.05) is 36.4 Å². The van der Waals surface area contributed by atoms with Gasteiger partial charge in [0.15, 0.2) is 6.10 Å². The normalized spacial score (nSPS) is 14.3. The summed E-state index contributed by atoms with van der Waals surface area (Å²) < 4.78 is 7.03. The lowest BCUT2D eigenvalue weighted by Gasteiger charge is -2.13. The van der Waals surface area contributed by atoms with Gasteiger partial charge in [-0.15, -0.1) is 0 Å². The van der Waals surface area contributed by atoms with Crippen LogP contribution >= 0.6 is 0 Å². The Morgan fingerprint density at radius 2 is 1.96 bits per heavy atom. The van der Waals surface area contributed by atoms with Crippen LogP contribution in [0.2, 0.25) is 0 Å². The summed E-state index contributed by atoms with van der Waals surface area (Å²) in [6.07, 6.45) is 5.97. The maximum atomic E-state index is 12.8. The lowest BCUT2D eigenvalue weighted by atomic mass is 10.1. The lowest BCUT2D eigenvalue weighted by Crippen LogP contribution is -2.37. The lowest BCUT2D eigenvalue weighted by molar-refractivity contribution is -0.129. The second-order valence-corrected chi connectivity index (χ2v) is 6.74. The molecule has 1 aromatic carbocycles. The molecule has 142 valence electrons. The maximum absolute atomic E-state index is 12.8. The summed E-state index contributed by atoms with van der Waals surface area (Å²) >= 11 is 0. The number of nitrogens with zero attached hydrogens (tertiary/aromatic N) is 3. The predicted octanol–water partition coefficient (Wildman–Crippen LogP) is 2.76. The fraction of sp³-hybridized carbons (Fsp3) is 0.238. The number of rotatable bonds is 6. The smallest absolute Gasteiger partial charge is 0.342 e. The van der Waals surface area contributed by atoms with E-state index < -0.39 is 12.1 Å². The molecule has 4 rings (SSSR count). The molecule has 0 radical (unpaired) electrons. The number of hydrogen-bond donors (Lipinski definition) is 1. The summed E-state index contributed by atoms with van der Waals surface area (Å²) in [4.78, 5) is 29.1. The van der Waals surface area contributed by atoms with Gasteiger partial charge in [0, 0.05) is 30.2 Å². The molecule has 0 aliphatic heterocycles. The van der Waals surface area contributed by atoms with Crippen LogP contribution in [-0.4, -0.2) is 38.8 Å². The number of para-hydroxylation sites is 1. The van der Waals surface area contributed by atoms with Crippen molar-refractivity contribution < 1.29 is 14.3 Å². The van der Waals surface area contributed by atoms with Crippen molar-refractivity contribution >= 4 is 11.9 Å². The monoisotopic (exact) mass is 376 g/mol. The van der Waals surface area contributed by atoms with Crippen LogP contribution in [0.25, 0.3) is 16.9 Å². The Bertz CT molecular complexity index is 981. The van der Waals surface area contributed by atoms with Gasteiger partial charge in [-0.25, -0.2) is 9.48 Å². The Morgan fingerprint density at radius 1 is 1.18 bits per heavy atom. The number of benzene rings is 1. The van der Waals surface area contributed by atoms with Crippen molar-refractivity contribution in [3.05, 3.63) is 66.6 Å². The van der Waals surface area contributed by atoms with E-state index in [0.29, 0.717) is 11.3 Å². The summed E-state index contributed by atoms with van der Waals surface area (Å²) in [5, 5.41) is 7.40. The van der Waals surface area contributed by atoms with Gasteiger partial charge in [-0.2, -0.15) is 5.10 Å². The van der Waals surface area contributed by atoms with Gasteiger partial charge in [0.25, 0.3) is 5.91 Å². The van der Waals surface area contributed by atoms with Gasteiger partial charge in [-0.05, 0) is 44.0 Å². The summed E-state index contributed by atoms with van der Waals surface area (Å²) in [6.45, 7) is 1.57. The van der Waals surface area contributed by atoms with Crippen LogP contribution in [0.1, 0.15) is 30.1 Å². The molecule has 2 heterocycles. The second kappa shape index (κ2) is 7.64.